The predicted molar refractivity (Wildman–Crippen MR) is 111 cm³/mol. The minimum atomic E-state index is -4.36. The molecule has 0 saturated carbocycles. The molecule has 4 heterocycles. The van der Waals surface area contributed by atoms with Gasteiger partial charge in [-0.1, -0.05) is 20.8 Å². The van der Waals surface area contributed by atoms with E-state index in [1.807, 2.05) is 25.7 Å². The SMILES string of the molecule is CC(C)(C)[C@@H]1C[C@H](C(F)(F)F)n2nc([C@@H]3CCCN(C(=O)C[C@@H]4CCCO4)C3)cc2N1. The van der Waals surface area contributed by atoms with E-state index in [1.54, 1.807) is 6.07 Å². The minimum Gasteiger partial charge on any atom is -0.378 e. The zero-order valence-corrected chi connectivity index (χ0v) is 18.5. The van der Waals surface area contributed by atoms with Crippen LogP contribution in [-0.4, -0.2) is 58.6 Å². The molecule has 2 fully saturated rings. The van der Waals surface area contributed by atoms with Crippen LogP contribution in [0.1, 0.15) is 76.9 Å². The summed E-state index contributed by atoms with van der Waals surface area (Å²) in [6.45, 7) is 7.74. The van der Waals surface area contributed by atoms with E-state index in [0.717, 1.165) is 30.4 Å². The highest BCUT2D eigenvalue weighted by molar-refractivity contribution is 5.77. The fraction of sp³-hybridized carbons (Fsp3) is 0.818. The highest BCUT2D eigenvalue weighted by atomic mass is 19.4. The van der Waals surface area contributed by atoms with Crippen molar-refractivity contribution in [2.24, 2.45) is 5.41 Å². The summed E-state index contributed by atoms with van der Waals surface area (Å²) in [4.78, 5) is 14.6. The van der Waals surface area contributed by atoms with E-state index in [0.29, 0.717) is 37.6 Å². The third kappa shape index (κ3) is 4.86. The number of anilines is 1. The molecule has 31 heavy (non-hydrogen) atoms. The third-order valence-corrected chi connectivity index (χ3v) is 6.87. The summed E-state index contributed by atoms with van der Waals surface area (Å²) < 4.78 is 48.2. The maximum Gasteiger partial charge on any atom is 0.410 e. The lowest BCUT2D eigenvalue weighted by Crippen LogP contribution is -2.44. The van der Waals surface area contributed by atoms with E-state index < -0.39 is 12.2 Å². The molecule has 3 aliphatic rings. The number of rotatable bonds is 3. The molecule has 2 saturated heterocycles. The van der Waals surface area contributed by atoms with Crippen LogP contribution in [0.5, 0.6) is 0 Å². The first-order chi connectivity index (χ1) is 14.5. The van der Waals surface area contributed by atoms with Gasteiger partial charge < -0.3 is 15.0 Å². The standard InChI is InChI=1S/C22H33F3N4O2/c1-21(2,3)17-12-18(22(23,24)25)29-19(26-17)11-16(27-29)14-6-4-8-28(13-14)20(30)10-15-7-5-9-31-15/h11,14-15,17-18,26H,4-10,12-13H2,1-3H3/t14-,15+,17+,18-/m1/s1. The number of hydrogen-bond acceptors (Lipinski definition) is 4. The van der Waals surface area contributed by atoms with Crippen molar-refractivity contribution in [1.82, 2.24) is 14.7 Å². The molecule has 0 unspecified atom stereocenters. The van der Waals surface area contributed by atoms with Crippen LogP contribution in [0.25, 0.3) is 0 Å². The Labute approximate surface area is 181 Å². The topological polar surface area (TPSA) is 59.4 Å². The molecule has 0 aromatic carbocycles. The van der Waals surface area contributed by atoms with Crippen LogP contribution in [0.15, 0.2) is 6.07 Å². The Bertz CT molecular complexity index is 796. The summed E-state index contributed by atoms with van der Waals surface area (Å²) in [6, 6.07) is -0.176. The summed E-state index contributed by atoms with van der Waals surface area (Å²) in [5.41, 5.74) is 0.330. The zero-order chi connectivity index (χ0) is 22.4. The van der Waals surface area contributed by atoms with Gasteiger partial charge in [-0.2, -0.15) is 18.3 Å². The van der Waals surface area contributed by atoms with Gasteiger partial charge in [0.05, 0.1) is 18.2 Å². The molecule has 9 heteroatoms. The molecule has 0 spiro atoms. The molecule has 0 radical (unpaired) electrons. The van der Waals surface area contributed by atoms with Gasteiger partial charge in [-0.05, 0) is 37.5 Å². The number of piperidine rings is 1. The first-order valence-electron chi connectivity index (χ1n) is 11.3. The third-order valence-electron chi connectivity index (χ3n) is 6.87. The largest absolute Gasteiger partial charge is 0.410 e. The molecule has 6 nitrogen and oxygen atoms in total. The van der Waals surface area contributed by atoms with Crippen molar-refractivity contribution in [3.63, 3.8) is 0 Å². The molecule has 174 valence electrons. The Morgan fingerprint density at radius 3 is 2.68 bits per heavy atom. The van der Waals surface area contributed by atoms with E-state index in [9.17, 15) is 18.0 Å². The number of nitrogens with zero attached hydrogens (tertiary/aromatic N) is 3. The fourth-order valence-electron chi connectivity index (χ4n) is 4.94. The summed E-state index contributed by atoms with van der Waals surface area (Å²) in [5, 5.41) is 7.69. The fourth-order valence-corrected chi connectivity index (χ4v) is 4.94. The normalized spacial score (nSPS) is 29.5. The number of alkyl halides is 3. The Kier molecular flexibility index (Phi) is 6.00. The molecule has 0 aliphatic carbocycles. The maximum atomic E-state index is 13.8. The highest BCUT2D eigenvalue weighted by Gasteiger charge is 2.48. The molecular weight excluding hydrogens is 409 g/mol. The van der Waals surface area contributed by atoms with E-state index in [1.165, 1.54) is 0 Å². The summed E-state index contributed by atoms with van der Waals surface area (Å²) in [6.07, 6.45) is -0.474. The number of likely N-dealkylation sites (tertiary alicyclic amines) is 1. The van der Waals surface area contributed by atoms with Crippen LogP contribution in [0.3, 0.4) is 0 Å². The van der Waals surface area contributed by atoms with Gasteiger partial charge in [0, 0.05) is 37.7 Å². The Balaban J connectivity index is 1.51. The smallest absolute Gasteiger partial charge is 0.378 e. The second-order valence-corrected chi connectivity index (χ2v) is 10.3. The average molecular weight is 443 g/mol. The molecule has 1 aromatic rings. The van der Waals surface area contributed by atoms with Crippen LogP contribution in [0.4, 0.5) is 19.0 Å². The van der Waals surface area contributed by atoms with Gasteiger partial charge >= 0.3 is 6.18 Å². The average Bonchev–Trinajstić information content (AvgIpc) is 3.35. The lowest BCUT2D eigenvalue weighted by molar-refractivity contribution is -0.175. The molecule has 0 bridgehead atoms. The monoisotopic (exact) mass is 442 g/mol. The lowest BCUT2D eigenvalue weighted by atomic mass is 9.82. The number of ether oxygens (including phenoxy) is 1. The second-order valence-electron chi connectivity index (χ2n) is 10.3. The number of carbonyl (C=O) groups excluding carboxylic acids is 1. The van der Waals surface area contributed by atoms with E-state index >= 15 is 0 Å². The van der Waals surface area contributed by atoms with Crippen molar-refractivity contribution in [3.05, 3.63) is 11.8 Å². The van der Waals surface area contributed by atoms with Crippen LogP contribution in [0, 0.1) is 5.41 Å². The summed E-state index contributed by atoms with van der Waals surface area (Å²) >= 11 is 0. The van der Waals surface area contributed by atoms with Crippen molar-refractivity contribution in [1.29, 1.82) is 0 Å². The van der Waals surface area contributed by atoms with Crippen molar-refractivity contribution in [3.8, 4) is 0 Å². The van der Waals surface area contributed by atoms with Crippen molar-refractivity contribution in [2.45, 2.75) is 89.6 Å². The number of carbonyl (C=O) groups is 1. The summed E-state index contributed by atoms with van der Waals surface area (Å²) in [7, 11) is 0. The molecule has 4 atom stereocenters. The predicted octanol–water partition coefficient (Wildman–Crippen LogP) is 4.49. The Morgan fingerprint density at radius 1 is 1.26 bits per heavy atom. The van der Waals surface area contributed by atoms with Gasteiger partial charge in [0.2, 0.25) is 5.91 Å². The molecule has 1 amide bonds. The van der Waals surface area contributed by atoms with Gasteiger partial charge in [-0.15, -0.1) is 0 Å². The van der Waals surface area contributed by atoms with Crippen LogP contribution < -0.4 is 5.32 Å². The Hall–Kier alpha value is -1.77. The van der Waals surface area contributed by atoms with Gasteiger partial charge in [0.15, 0.2) is 6.04 Å². The number of hydrogen-bond donors (Lipinski definition) is 1. The maximum absolute atomic E-state index is 13.8. The van der Waals surface area contributed by atoms with Crippen molar-refractivity contribution >= 4 is 11.7 Å². The summed E-state index contributed by atoms with van der Waals surface area (Å²) in [5.74, 6) is 0.440. The molecular formula is C22H33F3N4O2. The minimum absolute atomic E-state index is 0.00105. The van der Waals surface area contributed by atoms with Crippen LogP contribution >= 0.6 is 0 Å². The van der Waals surface area contributed by atoms with Gasteiger partial charge in [0.1, 0.15) is 5.82 Å². The van der Waals surface area contributed by atoms with Crippen molar-refractivity contribution < 1.29 is 22.7 Å². The second kappa shape index (κ2) is 8.30. The molecule has 1 N–H and O–H groups in total. The van der Waals surface area contributed by atoms with Crippen LogP contribution in [0.2, 0.25) is 0 Å². The number of halogens is 3. The lowest BCUT2D eigenvalue weighted by Gasteiger charge is -2.39. The number of aromatic nitrogens is 2. The molecule has 1 aromatic heterocycles. The van der Waals surface area contributed by atoms with Crippen molar-refractivity contribution in [2.75, 3.05) is 25.0 Å². The first-order valence-corrected chi connectivity index (χ1v) is 11.3. The number of fused-ring (bicyclic) bond motifs is 1. The Morgan fingerprint density at radius 2 is 2.03 bits per heavy atom. The number of amides is 1. The zero-order valence-electron chi connectivity index (χ0n) is 18.5. The van der Waals surface area contributed by atoms with E-state index in [2.05, 4.69) is 10.4 Å². The van der Waals surface area contributed by atoms with Gasteiger partial charge in [-0.25, -0.2) is 4.68 Å². The van der Waals surface area contributed by atoms with E-state index in [4.69, 9.17) is 4.74 Å². The first kappa shape index (κ1) is 22.4. The van der Waals surface area contributed by atoms with Gasteiger partial charge in [0.25, 0.3) is 0 Å². The quantitative estimate of drug-likeness (QED) is 0.749. The van der Waals surface area contributed by atoms with Gasteiger partial charge in [-0.3, -0.25) is 4.79 Å². The molecule has 3 aliphatic heterocycles. The molecule has 4 rings (SSSR count). The number of nitrogens with one attached hydrogen (secondary N) is 1. The van der Waals surface area contributed by atoms with E-state index in [-0.39, 0.29) is 35.8 Å². The highest BCUT2D eigenvalue weighted by Crippen LogP contribution is 2.44. The van der Waals surface area contributed by atoms with Crippen LogP contribution in [-0.2, 0) is 9.53 Å².